The maximum absolute atomic E-state index is 9.75. The van der Waals surface area contributed by atoms with Gasteiger partial charge in [0.05, 0.1) is 12.7 Å². The molecule has 0 rings (SSSR count). The van der Waals surface area contributed by atoms with Crippen LogP contribution in [0.25, 0.3) is 0 Å². The van der Waals surface area contributed by atoms with Crippen molar-refractivity contribution < 1.29 is 9.84 Å². The van der Waals surface area contributed by atoms with Gasteiger partial charge in [-0.1, -0.05) is 124 Å². The smallest absolute Gasteiger partial charge is 0.0647 e. The summed E-state index contributed by atoms with van der Waals surface area (Å²) in [5.41, 5.74) is -0.124. The van der Waals surface area contributed by atoms with Crippen molar-refractivity contribution in [2.45, 2.75) is 143 Å². The average Bonchev–Trinajstić information content (AvgIpc) is 2.66. The molecule has 0 fully saturated rings. The Hall–Kier alpha value is -0.0800. The zero-order valence-electron chi connectivity index (χ0n) is 19.4. The van der Waals surface area contributed by atoms with Crippen LogP contribution in [0.5, 0.6) is 0 Å². The van der Waals surface area contributed by atoms with Crippen molar-refractivity contribution in [2.24, 2.45) is 5.41 Å². The van der Waals surface area contributed by atoms with E-state index in [4.69, 9.17) is 4.74 Å². The van der Waals surface area contributed by atoms with Crippen molar-refractivity contribution in [3.05, 3.63) is 0 Å². The molecule has 0 bridgehead atoms. The third-order valence-corrected chi connectivity index (χ3v) is 5.92. The summed E-state index contributed by atoms with van der Waals surface area (Å²) in [5.74, 6) is 0. The fraction of sp³-hybridized carbons (Fsp3) is 1.00. The molecule has 0 aliphatic heterocycles. The fourth-order valence-corrected chi connectivity index (χ4v) is 3.73. The van der Waals surface area contributed by atoms with Crippen LogP contribution in [0.3, 0.4) is 0 Å². The van der Waals surface area contributed by atoms with Gasteiger partial charge in [-0.2, -0.15) is 0 Å². The summed E-state index contributed by atoms with van der Waals surface area (Å²) in [7, 11) is 0. The van der Waals surface area contributed by atoms with Crippen LogP contribution in [0.2, 0.25) is 0 Å². The predicted molar refractivity (Wildman–Crippen MR) is 120 cm³/mol. The van der Waals surface area contributed by atoms with Gasteiger partial charge >= 0.3 is 0 Å². The first kappa shape index (κ1) is 26.9. The third-order valence-electron chi connectivity index (χ3n) is 5.92. The first-order chi connectivity index (χ1) is 13.1. The molecular formula is C25H52O2. The van der Waals surface area contributed by atoms with Gasteiger partial charge in [0.15, 0.2) is 0 Å². The molecule has 0 saturated heterocycles. The van der Waals surface area contributed by atoms with Crippen molar-refractivity contribution >= 4 is 0 Å². The van der Waals surface area contributed by atoms with E-state index in [1.54, 1.807) is 0 Å². The molecule has 0 aliphatic carbocycles. The second-order valence-corrected chi connectivity index (χ2v) is 9.24. The minimum Gasteiger partial charge on any atom is -0.396 e. The number of hydrogen-bond acceptors (Lipinski definition) is 2. The standard InChI is InChI=1S/C25H52O2/c1-5-7-9-11-13-15-17-19-21-24(25(3,4)23-26)27-22-20-18-16-14-12-10-8-6-2/h24,26H,5-23H2,1-4H3. The van der Waals surface area contributed by atoms with E-state index in [0.29, 0.717) is 0 Å². The SMILES string of the molecule is CCCCCCCCCCOC(CCCCCCCCCC)C(C)(C)CO. The first-order valence-electron chi connectivity index (χ1n) is 12.3. The van der Waals surface area contributed by atoms with E-state index in [9.17, 15) is 5.11 Å². The largest absolute Gasteiger partial charge is 0.396 e. The highest BCUT2D eigenvalue weighted by Crippen LogP contribution is 2.27. The summed E-state index contributed by atoms with van der Waals surface area (Å²) in [5, 5.41) is 9.75. The van der Waals surface area contributed by atoms with E-state index in [-0.39, 0.29) is 18.1 Å². The second-order valence-electron chi connectivity index (χ2n) is 9.24. The van der Waals surface area contributed by atoms with E-state index in [0.717, 1.165) is 13.0 Å². The fourth-order valence-electron chi connectivity index (χ4n) is 3.73. The maximum Gasteiger partial charge on any atom is 0.0647 e. The van der Waals surface area contributed by atoms with Crippen LogP contribution in [0.4, 0.5) is 0 Å². The zero-order valence-corrected chi connectivity index (χ0v) is 19.4. The summed E-state index contributed by atoms with van der Waals surface area (Å²) in [4.78, 5) is 0. The topological polar surface area (TPSA) is 29.5 Å². The van der Waals surface area contributed by atoms with Crippen LogP contribution in [-0.4, -0.2) is 24.4 Å². The van der Waals surface area contributed by atoms with E-state index in [1.807, 2.05) is 0 Å². The molecule has 164 valence electrons. The molecule has 0 aromatic heterocycles. The van der Waals surface area contributed by atoms with Crippen molar-refractivity contribution in [2.75, 3.05) is 13.2 Å². The van der Waals surface area contributed by atoms with Gasteiger partial charge in [-0.15, -0.1) is 0 Å². The second kappa shape index (κ2) is 19.2. The molecule has 1 N–H and O–H groups in total. The predicted octanol–water partition coefficient (Wildman–Crippen LogP) is 8.06. The Morgan fingerprint density at radius 2 is 1.04 bits per heavy atom. The van der Waals surface area contributed by atoms with E-state index < -0.39 is 0 Å². The molecule has 0 heterocycles. The molecule has 1 unspecified atom stereocenters. The Morgan fingerprint density at radius 3 is 1.48 bits per heavy atom. The normalized spacial score (nSPS) is 13.2. The van der Waals surface area contributed by atoms with Gasteiger partial charge in [0.1, 0.15) is 0 Å². The Labute approximate surface area is 171 Å². The van der Waals surface area contributed by atoms with Crippen LogP contribution in [0.15, 0.2) is 0 Å². The number of ether oxygens (including phenoxy) is 1. The van der Waals surface area contributed by atoms with Gasteiger partial charge < -0.3 is 9.84 Å². The molecule has 0 aromatic rings. The zero-order chi connectivity index (χ0) is 20.2. The lowest BCUT2D eigenvalue weighted by Gasteiger charge is -2.33. The third kappa shape index (κ3) is 16.6. The molecule has 2 nitrogen and oxygen atoms in total. The van der Waals surface area contributed by atoms with Gasteiger partial charge in [-0.25, -0.2) is 0 Å². The molecule has 0 aliphatic rings. The van der Waals surface area contributed by atoms with E-state index in [2.05, 4.69) is 27.7 Å². The van der Waals surface area contributed by atoms with Gasteiger partial charge in [-0.3, -0.25) is 0 Å². The monoisotopic (exact) mass is 384 g/mol. The van der Waals surface area contributed by atoms with E-state index >= 15 is 0 Å². The first-order valence-corrected chi connectivity index (χ1v) is 12.3. The summed E-state index contributed by atoms with van der Waals surface area (Å²) in [6.45, 7) is 9.92. The number of aliphatic hydroxyl groups is 1. The number of unbranched alkanes of at least 4 members (excludes halogenated alkanes) is 14. The van der Waals surface area contributed by atoms with Gasteiger partial charge in [0, 0.05) is 12.0 Å². The Kier molecular flexibility index (Phi) is 19.2. The van der Waals surface area contributed by atoms with E-state index in [1.165, 1.54) is 103 Å². The Balaban J connectivity index is 3.80. The number of aliphatic hydroxyl groups excluding tert-OH is 1. The highest BCUT2D eigenvalue weighted by Gasteiger charge is 2.29. The van der Waals surface area contributed by atoms with Crippen LogP contribution >= 0.6 is 0 Å². The number of rotatable bonds is 21. The molecule has 1 atom stereocenters. The molecule has 0 saturated carbocycles. The molecule has 0 radical (unpaired) electrons. The quantitative estimate of drug-likeness (QED) is 0.203. The summed E-state index contributed by atoms with van der Waals surface area (Å²) in [6, 6.07) is 0. The summed E-state index contributed by atoms with van der Waals surface area (Å²) >= 11 is 0. The van der Waals surface area contributed by atoms with Crippen molar-refractivity contribution in [1.82, 2.24) is 0 Å². The molecular weight excluding hydrogens is 332 g/mol. The maximum atomic E-state index is 9.75. The van der Waals surface area contributed by atoms with Crippen LogP contribution in [0.1, 0.15) is 137 Å². The average molecular weight is 385 g/mol. The molecule has 2 heteroatoms. The molecule has 27 heavy (non-hydrogen) atoms. The molecule has 0 amide bonds. The van der Waals surface area contributed by atoms with Crippen molar-refractivity contribution in [3.8, 4) is 0 Å². The minimum atomic E-state index is -0.124. The Morgan fingerprint density at radius 1 is 0.630 bits per heavy atom. The molecule has 0 aromatic carbocycles. The van der Waals surface area contributed by atoms with Crippen LogP contribution < -0.4 is 0 Å². The molecule has 0 spiro atoms. The van der Waals surface area contributed by atoms with Gasteiger partial charge in [0.2, 0.25) is 0 Å². The highest BCUT2D eigenvalue weighted by atomic mass is 16.5. The summed E-state index contributed by atoms with van der Waals surface area (Å²) in [6.07, 6.45) is 22.8. The number of hydrogen-bond donors (Lipinski definition) is 1. The van der Waals surface area contributed by atoms with Crippen molar-refractivity contribution in [3.63, 3.8) is 0 Å². The van der Waals surface area contributed by atoms with Crippen LogP contribution in [-0.2, 0) is 4.74 Å². The highest BCUT2D eigenvalue weighted by molar-refractivity contribution is 4.78. The van der Waals surface area contributed by atoms with Crippen molar-refractivity contribution in [1.29, 1.82) is 0 Å². The van der Waals surface area contributed by atoms with Gasteiger partial charge in [-0.05, 0) is 12.8 Å². The lowest BCUT2D eigenvalue weighted by atomic mass is 9.84. The lowest BCUT2D eigenvalue weighted by Crippen LogP contribution is -2.35. The van der Waals surface area contributed by atoms with Crippen LogP contribution in [0, 0.1) is 5.41 Å². The summed E-state index contributed by atoms with van der Waals surface area (Å²) < 4.78 is 6.24. The van der Waals surface area contributed by atoms with Gasteiger partial charge in [0.25, 0.3) is 0 Å². The minimum absolute atomic E-state index is 0.124. The lowest BCUT2D eigenvalue weighted by molar-refractivity contribution is -0.0552. The Bertz CT molecular complexity index is 288.